The van der Waals surface area contributed by atoms with E-state index >= 15 is 0 Å². The van der Waals surface area contributed by atoms with Crippen LogP contribution in [0, 0.1) is 0 Å². The molecule has 0 fully saturated rings. The van der Waals surface area contributed by atoms with Gasteiger partial charge in [0.05, 0.1) is 12.1 Å². The fourth-order valence-corrected chi connectivity index (χ4v) is 2.19. The monoisotopic (exact) mass is 267 g/mol. The predicted octanol–water partition coefficient (Wildman–Crippen LogP) is 2.19. The van der Waals surface area contributed by atoms with Gasteiger partial charge in [0.1, 0.15) is 11.6 Å². The van der Waals surface area contributed by atoms with Crippen molar-refractivity contribution in [3.05, 3.63) is 48.5 Å². The number of anilines is 2. The molecule has 0 atom stereocenters. The van der Waals surface area contributed by atoms with Gasteiger partial charge in [0.2, 0.25) is 0 Å². The lowest BCUT2D eigenvalue weighted by Gasteiger charge is -2.18. The summed E-state index contributed by atoms with van der Waals surface area (Å²) in [6.45, 7) is 0.719. The van der Waals surface area contributed by atoms with Crippen molar-refractivity contribution < 1.29 is 0 Å². The Morgan fingerprint density at radius 1 is 1.25 bits per heavy atom. The van der Waals surface area contributed by atoms with Crippen molar-refractivity contribution >= 4 is 22.4 Å². The molecule has 20 heavy (non-hydrogen) atoms. The Bertz CT molecular complexity index is 747. The standard InChI is InChI=1S/C15H17N5/c1-19-8-7-17-15(19)10-20(2)14-6-3-11-9-12(16)4-5-13(11)18-14/h3-9H,10,16H2,1-2H3. The van der Waals surface area contributed by atoms with Crippen LogP contribution in [0.15, 0.2) is 42.7 Å². The van der Waals surface area contributed by atoms with Crippen molar-refractivity contribution in [3.63, 3.8) is 0 Å². The smallest absolute Gasteiger partial charge is 0.129 e. The molecule has 5 heteroatoms. The molecule has 0 spiro atoms. The van der Waals surface area contributed by atoms with E-state index in [2.05, 4.69) is 14.9 Å². The van der Waals surface area contributed by atoms with Crippen LogP contribution in [0.25, 0.3) is 10.9 Å². The fourth-order valence-electron chi connectivity index (χ4n) is 2.19. The van der Waals surface area contributed by atoms with Gasteiger partial charge in [0.25, 0.3) is 0 Å². The number of nitrogen functional groups attached to an aromatic ring is 1. The maximum atomic E-state index is 5.78. The summed E-state index contributed by atoms with van der Waals surface area (Å²) in [5.74, 6) is 1.93. The Kier molecular flexibility index (Phi) is 3.02. The van der Waals surface area contributed by atoms with Crippen LogP contribution in [0.4, 0.5) is 11.5 Å². The molecule has 2 N–H and O–H groups in total. The van der Waals surface area contributed by atoms with E-state index in [9.17, 15) is 0 Å². The third-order valence-electron chi connectivity index (χ3n) is 3.39. The van der Waals surface area contributed by atoms with Gasteiger partial charge in [-0.1, -0.05) is 0 Å². The van der Waals surface area contributed by atoms with Crippen LogP contribution in [-0.2, 0) is 13.6 Å². The quantitative estimate of drug-likeness (QED) is 0.739. The summed E-state index contributed by atoms with van der Waals surface area (Å²) in [5.41, 5.74) is 7.48. The zero-order chi connectivity index (χ0) is 14.1. The molecular weight excluding hydrogens is 250 g/mol. The van der Waals surface area contributed by atoms with Crippen molar-refractivity contribution in [2.24, 2.45) is 7.05 Å². The largest absolute Gasteiger partial charge is 0.399 e. The van der Waals surface area contributed by atoms with E-state index in [0.717, 1.165) is 34.8 Å². The highest BCUT2D eigenvalue weighted by molar-refractivity contribution is 5.83. The van der Waals surface area contributed by atoms with Gasteiger partial charge in [0.15, 0.2) is 0 Å². The summed E-state index contributed by atoms with van der Waals surface area (Å²) in [5, 5.41) is 1.05. The molecule has 102 valence electrons. The Balaban J connectivity index is 1.90. The van der Waals surface area contributed by atoms with Gasteiger partial charge in [-0.15, -0.1) is 0 Å². The minimum absolute atomic E-state index is 0.719. The van der Waals surface area contributed by atoms with Crippen LogP contribution in [-0.4, -0.2) is 21.6 Å². The minimum Gasteiger partial charge on any atom is -0.399 e. The van der Waals surface area contributed by atoms with Crippen molar-refractivity contribution in [1.29, 1.82) is 0 Å². The topological polar surface area (TPSA) is 60.0 Å². The summed E-state index contributed by atoms with van der Waals surface area (Å²) in [7, 11) is 4.01. The fraction of sp³-hybridized carbons (Fsp3) is 0.200. The van der Waals surface area contributed by atoms with Crippen molar-refractivity contribution in [3.8, 4) is 0 Å². The lowest BCUT2D eigenvalue weighted by Crippen LogP contribution is -2.20. The number of aryl methyl sites for hydroxylation is 1. The van der Waals surface area contributed by atoms with Crippen LogP contribution < -0.4 is 10.6 Å². The molecule has 0 unspecified atom stereocenters. The molecule has 0 aliphatic rings. The Morgan fingerprint density at radius 3 is 2.85 bits per heavy atom. The van der Waals surface area contributed by atoms with Gasteiger partial charge in [-0.25, -0.2) is 9.97 Å². The van der Waals surface area contributed by atoms with Crippen molar-refractivity contribution in [1.82, 2.24) is 14.5 Å². The van der Waals surface area contributed by atoms with Crippen LogP contribution in [0.1, 0.15) is 5.82 Å². The first-order valence-corrected chi connectivity index (χ1v) is 6.47. The highest BCUT2D eigenvalue weighted by Crippen LogP contribution is 2.20. The molecule has 0 bridgehead atoms. The number of pyridine rings is 1. The molecule has 0 radical (unpaired) electrons. The molecule has 5 nitrogen and oxygen atoms in total. The number of nitrogens with zero attached hydrogens (tertiary/aromatic N) is 4. The molecule has 3 rings (SSSR count). The van der Waals surface area contributed by atoms with E-state index in [-0.39, 0.29) is 0 Å². The first kappa shape index (κ1) is 12.5. The maximum Gasteiger partial charge on any atom is 0.129 e. The van der Waals surface area contributed by atoms with Crippen LogP contribution >= 0.6 is 0 Å². The van der Waals surface area contributed by atoms with Crippen LogP contribution in [0.3, 0.4) is 0 Å². The maximum absolute atomic E-state index is 5.78. The molecule has 0 saturated heterocycles. The van der Waals surface area contributed by atoms with Gasteiger partial charge in [-0.3, -0.25) is 0 Å². The summed E-state index contributed by atoms with van der Waals surface area (Å²) >= 11 is 0. The number of imidazole rings is 1. The average molecular weight is 267 g/mol. The predicted molar refractivity (Wildman–Crippen MR) is 81.5 cm³/mol. The Morgan fingerprint density at radius 2 is 2.10 bits per heavy atom. The Hall–Kier alpha value is -2.56. The second-order valence-corrected chi connectivity index (χ2v) is 4.93. The highest BCUT2D eigenvalue weighted by atomic mass is 15.2. The number of nitrogens with two attached hydrogens (primary N) is 1. The molecule has 1 aromatic carbocycles. The first-order chi connectivity index (χ1) is 9.63. The van der Waals surface area contributed by atoms with Crippen LogP contribution in [0.2, 0.25) is 0 Å². The number of hydrogen-bond donors (Lipinski definition) is 1. The van der Waals surface area contributed by atoms with E-state index < -0.39 is 0 Å². The zero-order valence-corrected chi connectivity index (χ0v) is 11.6. The summed E-state index contributed by atoms with van der Waals surface area (Å²) < 4.78 is 2.01. The number of fused-ring (bicyclic) bond motifs is 1. The lowest BCUT2D eigenvalue weighted by atomic mass is 10.2. The molecule has 0 aliphatic heterocycles. The molecule has 3 aromatic rings. The van der Waals surface area contributed by atoms with Gasteiger partial charge in [-0.2, -0.15) is 0 Å². The van der Waals surface area contributed by atoms with Crippen molar-refractivity contribution in [2.75, 3.05) is 17.7 Å². The van der Waals surface area contributed by atoms with Gasteiger partial charge >= 0.3 is 0 Å². The lowest BCUT2D eigenvalue weighted by molar-refractivity contribution is 0.756. The summed E-state index contributed by atoms with van der Waals surface area (Å²) in [4.78, 5) is 11.1. The Labute approximate surface area is 117 Å². The molecule has 0 aliphatic carbocycles. The van der Waals surface area contributed by atoms with E-state index in [1.807, 2.05) is 55.2 Å². The van der Waals surface area contributed by atoms with E-state index in [4.69, 9.17) is 5.73 Å². The first-order valence-electron chi connectivity index (χ1n) is 6.47. The number of rotatable bonds is 3. The van der Waals surface area contributed by atoms with Crippen LogP contribution in [0.5, 0.6) is 0 Å². The number of aromatic nitrogens is 3. The highest BCUT2D eigenvalue weighted by Gasteiger charge is 2.07. The SMILES string of the molecule is CN(Cc1nccn1C)c1ccc2cc(N)ccc2n1. The molecular formula is C15H17N5. The molecule has 0 amide bonds. The minimum atomic E-state index is 0.719. The third kappa shape index (κ3) is 2.30. The normalized spacial score (nSPS) is 10.9. The van der Waals surface area contributed by atoms with Gasteiger partial charge in [-0.05, 0) is 30.3 Å². The van der Waals surface area contributed by atoms with E-state index in [1.54, 1.807) is 6.20 Å². The molecule has 2 heterocycles. The zero-order valence-electron chi connectivity index (χ0n) is 11.6. The van der Waals surface area contributed by atoms with Gasteiger partial charge < -0.3 is 15.2 Å². The van der Waals surface area contributed by atoms with E-state index in [0.29, 0.717) is 0 Å². The molecule has 2 aromatic heterocycles. The second-order valence-electron chi connectivity index (χ2n) is 4.93. The number of benzene rings is 1. The van der Waals surface area contributed by atoms with Gasteiger partial charge in [0, 0.05) is 37.6 Å². The summed E-state index contributed by atoms with van der Waals surface area (Å²) in [6, 6.07) is 9.80. The van der Waals surface area contributed by atoms with Crippen molar-refractivity contribution in [2.45, 2.75) is 6.54 Å². The second kappa shape index (κ2) is 4.85. The molecule has 0 saturated carbocycles. The number of hydrogen-bond acceptors (Lipinski definition) is 4. The third-order valence-corrected chi connectivity index (χ3v) is 3.39. The summed E-state index contributed by atoms with van der Waals surface area (Å²) in [6.07, 6.45) is 3.75. The van der Waals surface area contributed by atoms with E-state index in [1.165, 1.54) is 0 Å². The average Bonchev–Trinajstić information content (AvgIpc) is 2.83.